The quantitative estimate of drug-likeness (QED) is 0.711. The molecule has 0 amide bonds. The third kappa shape index (κ3) is 3.62. The van der Waals surface area contributed by atoms with Gasteiger partial charge in [-0.2, -0.15) is 10.1 Å². The maximum atomic E-state index is 5.90. The molecule has 1 aliphatic heterocycles. The highest BCUT2D eigenvalue weighted by molar-refractivity contribution is 5.53. The van der Waals surface area contributed by atoms with Gasteiger partial charge in [0.05, 0.1) is 25.5 Å². The number of ether oxygens (including phenoxy) is 1. The third-order valence-corrected chi connectivity index (χ3v) is 4.36. The largest absolute Gasteiger partial charge is 0.371 e. The fourth-order valence-corrected chi connectivity index (χ4v) is 2.98. The van der Waals surface area contributed by atoms with Gasteiger partial charge in [-0.15, -0.1) is 0 Å². The fraction of sp³-hybridized carbons (Fsp3) is 0.389. The van der Waals surface area contributed by atoms with Gasteiger partial charge in [-0.3, -0.25) is 9.58 Å². The number of aromatic nitrogens is 4. The lowest BCUT2D eigenvalue weighted by Gasteiger charge is -2.31. The Morgan fingerprint density at radius 3 is 2.92 bits per heavy atom. The molecule has 7 heteroatoms. The summed E-state index contributed by atoms with van der Waals surface area (Å²) < 4.78 is 13.2. The Kier molecular flexibility index (Phi) is 4.58. The molecule has 130 valence electrons. The molecule has 2 aromatic heterocycles. The van der Waals surface area contributed by atoms with Crippen molar-refractivity contribution in [3.8, 4) is 11.4 Å². The van der Waals surface area contributed by atoms with Gasteiger partial charge >= 0.3 is 0 Å². The van der Waals surface area contributed by atoms with Crippen LogP contribution in [-0.2, 0) is 17.8 Å². The number of hydrogen-bond acceptors (Lipinski definition) is 6. The van der Waals surface area contributed by atoms with Gasteiger partial charge in [0.2, 0.25) is 11.7 Å². The summed E-state index contributed by atoms with van der Waals surface area (Å²) in [5, 5.41) is 8.42. The Hall–Kier alpha value is -2.51. The van der Waals surface area contributed by atoms with E-state index in [2.05, 4.69) is 27.1 Å². The molecule has 3 aromatic rings. The van der Waals surface area contributed by atoms with E-state index in [1.54, 1.807) is 0 Å². The van der Waals surface area contributed by atoms with E-state index in [-0.39, 0.29) is 6.10 Å². The van der Waals surface area contributed by atoms with E-state index in [1.807, 2.05) is 47.4 Å². The fourth-order valence-electron chi connectivity index (χ4n) is 2.98. The first-order valence-electron chi connectivity index (χ1n) is 8.56. The molecule has 0 radical (unpaired) electrons. The van der Waals surface area contributed by atoms with Gasteiger partial charge < -0.3 is 9.26 Å². The summed E-state index contributed by atoms with van der Waals surface area (Å²) in [5.74, 6) is 1.26. The van der Waals surface area contributed by atoms with Crippen LogP contribution in [0.1, 0.15) is 24.5 Å². The maximum Gasteiger partial charge on any atom is 0.241 e. The lowest BCUT2D eigenvalue weighted by molar-refractivity contribution is -0.0356. The number of hydrogen-bond donors (Lipinski definition) is 0. The minimum atomic E-state index is 0.0329. The van der Waals surface area contributed by atoms with E-state index in [4.69, 9.17) is 9.26 Å². The minimum absolute atomic E-state index is 0.0329. The standard InChI is InChI=1S/C18H21N5O2/c1-2-23-11-15(10-19-23)16-12-22(8-9-24-16)13-17-20-18(21-25-17)14-6-4-3-5-7-14/h3-7,10-11,16H,2,8-9,12-13H2,1H3/t16-/m0/s1. The van der Waals surface area contributed by atoms with Gasteiger partial charge in [0.1, 0.15) is 0 Å². The van der Waals surface area contributed by atoms with Gasteiger partial charge in [-0.05, 0) is 6.92 Å². The molecule has 0 N–H and O–H groups in total. The summed E-state index contributed by atoms with van der Waals surface area (Å²) in [7, 11) is 0. The molecule has 0 unspecified atom stereocenters. The van der Waals surface area contributed by atoms with Crippen molar-refractivity contribution in [1.82, 2.24) is 24.8 Å². The molecule has 0 saturated carbocycles. The van der Waals surface area contributed by atoms with E-state index in [9.17, 15) is 0 Å². The second kappa shape index (κ2) is 7.16. The van der Waals surface area contributed by atoms with Crippen molar-refractivity contribution < 1.29 is 9.26 Å². The second-order valence-corrected chi connectivity index (χ2v) is 6.10. The minimum Gasteiger partial charge on any atom is -0.371 e. The smallest absolute Gasteiger partial charge is 0.241 e. The first kappa shape index (κ1) is 16.0. The van der Waals surface area contributed by atoms with E-state index >= 15 is 0 Å². The molecule has 1 aromatic carbocycles. The predicted molar refractivity (Wildman–Crippen MR) is 91.6 cm³/mol. The molecule has 1 aliphatic rings. The first-order chi connectivity index (χ1) is 12.3. The first-order valence-corrected chi connectivity index (χ1v) is 8.56. The van der Waals surface area contributed by atoms with E-state index < -0.39 is 0 Å². The van der Waals surface area contributed by atoms with Crippen LogP contribution < -0.4 is 0 Å². The zero-order valence-corrected chi connectivity index (χ0v) is 14.2. The van der Waals surface area contributed by atoms with E-state index in [0.29, 0.717) is 24.9 Å². The van der Waals surface area contributed by atoms with Crippen LogP contribution in [-0.4, -0.2) is 44.5 Å². The van der Waals surface area contributed by atoms with Crippen LogP contribution in [0.5, 0.6) is 0 Å². The molecule has 25 heavy (non-hydrogen) atoms. The topological polar surface area (TPSA) is 69.2 Å². The van der Waals surface area contributed by atoms with Gasteiger partial charge in [-0.1, -0.05) is 35.5 Å². The molecular weight excluding hydrogens is 318 g/mol. The summed E-state index contributed by atoms with van der Waals surface area (Å²) in [6.45, 7) is 5.88. The van der Waals surface area contributed by atoms with Crippen LogP contribution in [0, 0.1) is 0 Å². The Morgan fingerprint density at radius 2 is 2.12 bits per heavy atom. The lowest BCUT2D eigenvalue weighted by atomic mass is 10.1. The summed E-state index contributed by atoms with van der Waals surface area (Å²) in [5.41, 5.74) is 2.08. The van der Waals surface area contributed by atoms with Crippen molar-refractivity contribution in [1.29, 1.82) is 0 Å². The van der Waals surface area contributed by atoms with Gasteiger partial charge in [0, 0.05) is 37.0 Å². The Morgan fingerprint density at radius 1 is 1.24 bits per heavy atom. The molecule has 4 rings (SSSR count). The van der Waals surface area contributed by atoms with Crippen molar-refractivity contribution in [2.75, 3.05) is 19.7 Å². The summed E-state index contributed by atoms with van der Waals surface area (Å²) in [6.07, 6.45) is 3.97. The van der Waals surface area contributed by atoms with Crippen molar-refractivity contribution >= 4 is 0 Å². The average molecular weight is 339 g/mol. The number of morpholine rings is 1. The number of rotatable bonds is 5. The SMILES string of the molecule is CCn1cc([C@@H]2CN(Cc3nc(-c4ccccc4)no3)CCO2)cn1. The van der Waals surface area contributed by atoms with Crippen LogP contribution in [0.2, 0.25) is 0 Å². The van der Waals surface area contributed by atoms with Gasteiger partial charge in [0.15, 0.2) is 0 Å². The highest BCUT2D eigenvalue weighted by Crippen LogP contribution is 2.23. The summed E-state index contributed by atoms with van der Waals surface area (Å²) >= 11 is 0. The number of aryl methyl sites for hydroxylation is 1. The zero-order valence-electron chi connectivity index (χ0n) is 14.2. The Balaban J connectivity index is 1.41. The highest BCUT2D eigenvalue weighted by atomic mass is 16.5. The molecule has 0 bridgehead atoms. The Labute approximate surface area is 146 Å². The molecule has 1 saturated heterocycles. The van der Waals surface area contributed by atoms with Gasteiger partial charge in [-0.25, -0.2) is 0 Å². The van der Waals surface area contributed by atoms with E-state index in [1.165, 1.54) is 0 Å². The van der Waals surface area contributed by atoms with Crippen molar-refractivity contribution in [3.63, 3.8) is 0 Å². The molecular formula is C18H21N5O2. The van der Waals surface area contributed by atoms with E-state index in [0.717, 1.165) is 30.8 Å². The monoisotopic (exact) mass is 339 g/mol. The van der Waals surface area contributed by atoms with Crippen molar-refractivity contribution in [2.24, 2.45) is 0 Å². The molecule has 1 atom stereocenters. The highest BCUT2D eigenvalue weighted by Gasteiger charge is 2.24. The Bertz CT molecular complexity index is 814. The van der Waals surface area contributed by atoms with Crippen LogP contribution in [0.4, 0.5) is 0 Å². The number of benzene rings is 1. The summed E-state index contributed by atoms with van der Waals surface area (Å²) in [4.78, 5) is 6.79. The van der Waals surface area contributed by atoms with Crippen molar-refractivity contribution in [3.05, 3.63) is 54.2 Å². The molecule has 7 nitrogen and oxygen atoms in total. The number of nitrogens with zero attached hydrogens (tertiary/aromatic N) is 5. The average Bonchev–Trinajstić information content (AvgIpc) is 3.32. The van der Waals surface area contributed by atoms with Crippen molar-refractivity contribution in [2.45, 2.75) is 26.1 Å². The molecule has 1 fully saturated rings. The predicted octanol–water partition coefficient (Wildman–Crippen LogP) is 2.53. The van der Waals surface area contributed by atoms with Crippen LogP contribution in [0.15, 0.2) is 47.2 Å². The zero-order chi connectivity index (χ0) is 17.1. The molecule has 3 heterocycles. The molecule has 0 spiro atoms. The van der Waals surface area contributed by atoms with Crippen LogP contribution >= 0.6 is 0 Å². The third-order valence-electron chi connectivity index (χ3n) is 4.36. The molecule has 0 aliphatic carbocycles. The second-order valence-electron chi connectivity index (χ2n) is 6.10. The lowest BCUT2D eigenvalue weighted by Crippen LogP contribution is -2.37. The normalized spacial score (nSPS) is 18.5. The van der Waals surface area contributed by atoms with Gasteiger partial charge in [0.25, 0.3) is 0 Å². The summed E-state index contributed by atoms with van der Waals surface area (Å²) in [6, 6.07) is 9.86. The maximum absolute atomic E-state index is 5.90. The van der Waals surface area contributed by atoms with Crippen LogP contribution in [0.3, 0.4) is 0 Å². The van der Waals surface area contributed by atoms with Crippen LogP contribution in [0.25, 0.3) is 11.4 Å².